The molecule has 0 bridgehead atoms. The summed E-state index contributed by atoms with van der Waals surface area (Å²) in [5, 5.41) is 0. The molecule has 0 aromatic carbocycles. The molecular formula is C18H32. The molecule has 0 heterocycles. The largest absolute Gasteiger partial charge is 0.0843 e. The van der Waals surface area contributed by atoms with Crippen LogP contribution in [-0.2, 0) is 0 Å². The molecule has 0 saturated carbocycles. The average molecular weight is 248 g/mol. The quantitative estimate of drug-likeness (QED) is 0.383. The van der Waals surface area contributed by atoms with Crippen molar-refractivity contribution in [3.63, 3.8) is 0 Å². The minimum Gasteiger partial charge on any atom is -0.0843 e. The minimum atomic E-state index is 1.28. The maximum atomic E-state index is 2.42. The summed E-state index contributed by atoms with van der Waals surface area (Å²) in [6.07, 6.45) is 25.3. The maximum Gasteiger partial charge on any atom is -0.0282 e. The van der Waals surface area contributed by atoms with Gasteiger partial charge in [-0.1, -0.05) is 75.7 Å². The number of unbranched alkanes of at least 4 members (excludes halogenated alkanes) is 8. The van der Waals surface area contributed by atoms with Crippen molar-refractivity contribution in [1.82, 2.24) is 0 Å². The van der Waals surface area contributed by atoms with Crippen LogP contribution in [0.3, 0.4) is 0 Å². The van der Waals surface area contributed by atoms with Gasteiger partial charge in [0, 0.05) is 0 Å². The summed E-state index contributed by atoms with van der Waals surface area (Å²) in [5.74, 6) is 0. The molecule has 0 aromatic rings. The molecule has 0 heteroatoms. The van der Waals surface area contributed by atoms with E-state index in [1.54, 1.807) is 5.57 Å². The molecular weight excluding hydrogens is 216 g/mol. The summed E-state index contributed by atoms with van der Waals surface area (Å²) >= 11 is 0. The van der Waals surface area contributed by atoms with Crippen LogP contribution in [0.5, 0.6) is 0 Å². The van der Waals surface area contributed by atoms with Gasteiger partial charge in [-0.15, -0.1) is 0 Å². The lowest BCUT2D eigenvalue weighted by Gasteiger charge is -2.07. The van der Waals surface area contributed by atoms with Crippen LogP contribution in [0, 0.1) is 0 Å². The Balaban J connectivity index is 1.86. The second-order valence-corrected chi connectivity index (χ2v) is 5.69. The van der Waals surface area contributed by atoms with E-state index in [2.05, 4.69) is 25.2 Å². The maximum absolute atomic E-state index is 2.42. The van der Waals surface area contributed by atoms with Crippen LogP contribution in [0.1, 0.15) is 90.4 Å². The highest BCUT2D eigenvalue weighted by atomic mass is 14.0. The Labute approximate surface area is 115 Å². The molecule has 0 N–H and O–H groups in total. The number of hydrogen-bond donors (Lipinski definition) is 0. The summed E-state index contributed by atoms with van der Waals surface area (Å²) in [6.45, 7) is 2.29. The Bertz CT molecular complexity index is 234. The van der Waals surface area contributed by atoms with Gasteiger partial charge in [0.1, 0.15) is 0 Å². The Morgan fingerprint density at radius 3 is 2.33 bits per heavy atom. The van der Waals surface area contributed by atoms with Crippen molar-refractivity contribution in [3.8, 4) is 0 Å². The minimum absolute atomic E-state index is 1.28. The van der Waals surface area contributed by atoms with E-state index in [0.717, 1.165) is 0 Å². The molecule has 0 saturated heterocycles. The van der Waals surface area contributed by atoms with Crippen LogP contribution in [0.2, 0.25) is 0 Å². The Morgan fingerprint density at radius 1 is 0.944 bits per heavy atom. The summed E-state index contributed by atoms with van der Waals surface area (Å²) in [7, 11) is 0. The first-order valence-corrected chi connectivity index (χ1v) is 8.29. The van der Waals surface area contributed by atoms with E-state index in [-0.39, 0.29) is 0 Å². The predicted molar refractivity (Wildman–Crippen MR) is 82.9 cm³/mol. The highest BCUT2D eigenvalue weighted by Gasteiger charge is 1.98. The fourth-order valence-corrected chi connectivity index (χ4v) is 2.65. The van der Waals surface area contributed by atoms with Gasteiger partial charge in [0.05, 0.1) is 0 Å². The van der Waals surface area contributed by atoms with Crippen molar-refractivity contribution in [3.05, 3.63) is 23.8 Å². The third kappa shape index (κ3) is 8.55. The standard InChI is InChI=1S/C18H32/c1-2-3-4-5-6-7-8-9-10-12-15-18-16-13-11-14-17-18/h12,15-16H,2-11,13-14,17H2,1H3/b15-12-. The number of allylic oxidation sites excluding steroid dienone is 4. The van der Waals surface area contributed by atoms with Crippen LogP contribution in [0.15, 0.2) is 23.8 Å². The van der Waals surface area contributed by atoms with Gasteiger partial charge in [-0.05, 0) is 38.5 Å². The fraction of sp³-hybridized carbons (Fsp3) is 0.778. The summed E-state index contributed by atoms with van der Waals surface area (Å²) in [4.78, 5) is 0. The summed E-state index contributed by atoms with van der Waals surface area (Å²) in [5.41, 5.74) is 1.58. The van der Waals surface area contributed by atoms with Crippen LogP contribution < -0.4 is 0 Å². The second kappa shape index (κ2) is 11.6. The highest BCUT2D eigenvalue weighted by molar-refractivity contribution is 5.19. The van der Waals surface area contributed by atoms with Gasteiger partial charge in [-0.2, -0.15) is 0 Å². The molecule has 0 spiro atoms. The SMILES string of the molecule is CCCCCCCCCC/C=C\C1=CCCCC1. The molecule has 0 amide bonds. The van der Waals surface area contributed by atoms with Gasteiger partial charge in [0.25, 0.3) is 0 Å². The fourth-order valence-electron chi connectivity index (χ4n) is 2.65. The van der Waals surface area contributed by atoms with Crippen molar-refractivity contribution in [2.45, 2.75) is 90.4 Å². The van der Waals surface area contributed by atoms with E-state index in [9.17, 15) is 0 Å². The predicted octanol–water partition coefficient (Wildman–Crippen LogP) is 6.57. The van der Waals surface area contributed by atoms with Gasteiger partial charge in [0.15, 0.2) is 0 Å². The number of rotatable bonds is 10. The molecule has 0 aliphatic heterocycles. The smallest absolute Gasteiger partial charge is 0.0282 e. The van der Waals surface area contributed by atoms with Gasteiger partial charge >= 0.3 is 0 Å². The molecule has 18 heavy (non-hydrogen) atoms. The van der Waals surface area contributed by atoms with Gasteiger partial charge in [-0.3, -0.25) is 0 Å². The summed E-state index contributed by atoms with van der Waals surface area (Å²) < 4.78 is 0. The van der Waals surface area contributed by atoms with E-state index in [0.29, 0.717) is 0 Å². The molecule has 0 atom stereocenters. The lowest BCUT2D eigenvalue weighted by molar-refractivity contribution is 0.577. The molecule has 0 unspecified atom stereocenters. The first-order valence-electron chi connectivity index (χ1n) is 8.29. The first kappa shape index (κ1) is 15.5. The number of hydrogen-bond acceptors (Lipinski definition) is 0. The van der Waals surface area contributed by atoms with Crippen molar-refractivity contribution in [1.29, 1.82) is 0 Å². The van der Waals surface area contributed by atoms with Crippen LogP contribution in [0.4, 0.5) is 0 Å². The Kier molecular flexibility index (Phi) is 9.98. The van der Waals surface area contributed by atoms with E-state index >= 15 is 0 Å². The third-order valence-electron chi connectivity index (χ3n) is 3.88. The third-order valence-corrected chi connectivity index (χ3v) is 3.88. The zero-order chi connectivity index (χ0) is 12.9. The zero-order valence-corrected chi connectivity index (χ0v) is 12.4. The monoisotopic (exact) mass is 248 g/mol. The zero-order valence-electron chi connectivity index (χ0n) is 12.4. The van der Waals surface area contributed by atoms with E-state index in [1.807, 2.05) is 0 Å². The van der Waals surface area contributed by atoms with E-state index < -0.39 is 0 Å². The topological polar surface area (TPSA) is 0 Å². The molecule has 0 nitrogen and oxygen atoms in total. The Morgan fingerprint density at radius 2 is 1.67 bits per heavy atom. The van der Waals surface area contributed by atoms with E-state index in [1.165, 1.54) is 83.5 Å². The summed E-state index contributed by atoms with van der Waals surface area (Å²) in [6, 6.07) is 0. The van der Waals surface area contributed by atoms with Gasteiger partial charge in [-0.25, -0.2) is 0 Å². The molecule has 104 valence electrons. The lowest BCUT2D eigenvalue weighted by Crippen LogP contribution is -1.88. The van der Waals surface area contributed by atoms with Crippen molar-refractivity contribution in [2.24, 2.45) is 0 Å². The van der Waals surface area contributed by atoms with Gasteiger partial charge < -0.3 is 0 Å². The normalized spacial score (nSPS) is 16.2. The van der Waals surface area contributed by atoms with Crippen molar-refractivity contribution >= 4 is 0 Å². The molecule has 1 rings (SSSR count). The first-order chi connectivity index (χ1) is 8.93. The molecule has 0 aromatic heterocycles. The van der Waals surface area contributed by atoms with Crippen LogP contribution in [0.25, 0.3) is 0 Å². The van der Waals surface area contributed by atoms with E-state index in [4.69, 9.17) is 0 Å². The van der Waals surface area contributed by atoms with Crippen LogP contribution >= 0.6 is 0 Å². The highest BCUT2D eigenvalue weighted by Crippen LogP contribution is 2.18. The molecule has 0 fully saturated rings. The van der Waals surface area contributed by atoms with Crippen molar-refractivity contribution < 1.29 is 0 Å². The molecule has 1 aliphatic rings. The molecule has 0 radical (unpaired) electrons. The lowest BCUT2D eigenvalue weighted by atomic mass is 9.99. The second-order valence-electron chi connectivity index (χ2n) is 5.69. The van der Waals surface area contributed by atoms with Gasteiger partial charge in [0.2, 0.25) is 0 Å². The Hall–Kier alpha value is -0.520. The van der Waals surface area contributed by atoms with Crippen LogP contribution in [-0.4, -0.2) is 0 Å². The van der Waals surface area contributed by atoms with Crippen molar-refractivity contribution in [2.75, 3.05) is 0 Å². The average Bonchev–Trinajstić information content (AvgIpc) is 2.42. The molecule has 1 aliphatic carbocycles.